The number of ether oxygens (including phenoxy) is 1. The molecule has 0 saturated carbocycles. The summed E-state index contributed by atoms with van der Waals surface area (Å²) in [5.41, 5.74) is 0. The molecule has 0 bridgehead atoms. The Kier molecular flexibility index (Phi) is 9.81. The molecular weight excluding hydrogens is 313 g/mol. The molecule has 5 nitrogen and oxygen atoms in total. The lowest BCUT2D eigenvalue weighted by molar-refractivity contribution is -0.148. The molecule has 0 aromatic heterocycles. The van der Waals surface area contributed by atoms with Gasteiger partial charge in [0.1, 0.15) is 6.10 Å². The molecular formula is C14H29Cl2N3O2. The van der Waals surface area contributed by atoms with E-state index in [9.17, 15) is 4.79 Å². The number of carbonyl (C=O) groups excluding carboxylic acids is 1. The van der Waals surface area contributed by atoms with Crippen LogP contribution in [-0.2, 0) is 9.53 Å². The van der Waals surface area contributed by atoms with Gasteiger partial charge in [0.15, 0.2) is 0 Å². The summed E-state index contributed by atoms with van der Waals surface area (Å²) in [5.74, 6) is 0.660. The predicted octanol–water partition coefficient (Wildman–Crippen LogP) is 1.01. The molecule has 2 fully saturated rings. The molecule has 126 valence electrons. The zero-order valence-corrected chi connectivity index (χ0v) is 14.8. The van der Waals surface area contributed by atoms with Gasteiger partial charge in [0.25, 0.3) is 5.91 Å². The molecule has 3 atom stereocenters. The first-order valence-corrected chi connectivity index (χ1v) is 7.44. The molecule has 1 N–H and O–H groups in total. The highest BCUT2D eigenvalue weighted by atomic mass is 35.5. The average Bonchev–Trinajstić information content (AvgIpc) is 2.46. The van der Waals surface area contributed by atoms with E-state index in [1.165, 1.54) is 0 Å². The molecule has 2 aliphatic heterocycles. The monoisotopic (exact) mass is 341 g/mol. The van der Waals surface area contributed by atoms with Gasteiger partial charge in [0.2, 0.25) is 0 Å². The minimum absolute atomic E-state index is 0. The molecule has 7 heteroatoms. The van der Waals surface area contributed by atoms with Crippen molar-refractivity contribution < 1.29 is 9.53 Å². The van der Waals surface area contributed by atoms with E-state index in [2.05, 4.69) is 24.1 Å². The van der Waals surface area contributed by atoms with Gasteiger partial charge in [0.05, 0.1) is 6.61 Å². The van der Waals surface area contributed by atoms with Gasteiger partial charge in [-0.1, -0.05) is 13.8 Å². The second-order valence-electron chi connectivity index (χ2n) is 5.74. The van der Waals surface area contributed by atoms with Crippen LogP contribution in [0.15, 0.2) is 0 Å². The Hall–Kier alpha value is -0.0700. The topological polar surface area (TPSA) is 44.8 Å². The second-order valence-corrected chi connectivity index (χ2v) is 5.74. The van der Waals surface area contributed by atoms with Crippen molar-refractivity contribution in [3.05, 3.63) is 0 Å². The van der Waals surface area contributed by atoms with Crippen LogP contribution in [0.2, 0.25) is 0 Å². The fourth-order valence-electron chi connectivity index (χ4n) is 3.20. The van der Waals surface area contributed by atoms with Crippen molar-refractivity contribution in [1.82, 2.24) is 15.1 Å². The quantitative estimate of drug-likeness (QED) is 0.831. The Morgan fingerprint density at radius 2 is 2.14 bits per heavy atom. The maximum absolute atomic E-state index is 12.4. The normalized spacial score (nSPS) is 30.0. The average molecular weight is 342 g/mol. The molecule has 0 radical (unpaired) electrons. The summed E-state index contributed by atoms with van der Waals surface area (Å²) < 4.78 is 5.57. The van der Waals surface area contributed by atoms with E-state index >= 15 is 0 Å². The third kappa shape index (κ3) is 5.25. The highest BCUT2D eigenvalue weighted by Gasteiger charge is 2.34. The molecule has 2 saturated heterocycles. The largest absolute Gasteiger partial charge is 0.366 e. The van der Waals surface area contributed by atoms with E-state index in [-0.39, 0.29) is 36.8 Å². The zero-order valence-electron chi connectivity index (χ0n) is 13.2. The Morgan fingerprint density at radius 3 is 2.67 bits per heavy atom. The van der Waals surface area contributed by atoms with Gasteiger partial charge < -0.3 is 19.9 Å². The van der Waals surface area contributed by atoms with Crippen LogP contribution in [0.3, 0.4) is 0 Å². The standard InChI is InChI=1S/C14H27N3O2.2ClH/c1-4-17-7-5-12(11(2)10-17)16(3)14(18)13-9-15-6-8-19-13;;/h11-13,15H,4-10H2,1-3H3;2*1H. The maximum atomic E-state index is 12.4. The van der Waals surface area contributed by atoms with Crippen LogP contribution in [0.25, 0.3) is 0 Å². The van der Waals surface area contributed by atoms with E-state index in [1.807, 2.05) is 11.9 Å². The van der Waals surface area contributed by atoms with Crippen molar-refractivity contribution in [2.75, 3.05) is 46.4 Å². The number of hydrogen-bond acceptors (Lipinski definition) is 4. The van der Waals surface area contributed by atoms with E-state index in [0.717, 1.165) is 32.6 Å². The van der Waals surface area contributed by atoms with Gasteiger partial charge in [-0.05, 0) is 18.9 Å². The van der Waals surface area contributed by atoms with Crippen molar-refractivity contribution in [2.45, 2.75) is 32.4 Å². The smallest absolute Gasteiger partial charge is 0.253 e. The molecule has 2 heterocycles. The summed E-state index contributed by atoms with van der Waals surface area (Å²) in [6.45, 7) is 9.84. The van der Waals surface area contributed by atoms with Crippen molar-refractivity contribution in [3.8, 4) is 0 Å². The Balaban J connectivity index is 0.00000200. The molecule has 1 amide bonds. The number of likely N-dealkylation sites (tertiary alicyclic amines) is 1. The minimum Gasteiger partial charge on any atom is -0.366 e. The molecule has 0 aromatic carbocycles. The molecule has 0 aliphatic carbocycles. The highest BCUT2D eigenvalue weighted by molar-refractivity contribution is 5.85. The molecule has 2 aliphatic rings. The number of nitrogens with zero attached hydrogens (tertiary/aromatic N) is 2. The fraction of sp³-hybridized carbons (Fsp3) is 0.929. The molecule has 2 rings (SSSR count). The number of piperidine rings is 1. The van der Waals surface area contributed by atoms with Crippen molar-refractivity contribution in [3.63, 3.8) is 0 Å². The van der Waals surface area contributed by atoms with Crippen LogP contribution in [0.5, 0.6) is 0 Å². The van der Waals surface area contributed by atoms with Gasteiger partial charge in [-0.2, -0.15) is 0 Å². The summed E-state index contributed by atoms with van der Waals surface area (Å²) in [5, 5.41) is 3.22. The summed E-state index contributed by atoms with van der Waals surface area (Å²) in [6.07, 6.45) is 0.771. The van der Waals surface area contributed by atoms with Gasteiger partial charge in [0, 0.05) is 39.3 Å². The third-order valence-corrected chi connectivity index (χ3v) is 4.44. The Labute approximate surface area is 140 Å². The van der Waals surface area contributed by atoms with Crippen molar-refractivity contribution >= 4 is 30.7 Å². The summed E-state index contributed by atoms with van der Waals surface area (Å²) in [7, 11) is 1.93. The Bertz CT molecular complexity index is 315. The number of carbonyl (C=O) groups is 1. The van der Waals surface area contributed by atoms with Crippen LogP contribution in [0.4, 0.5) is 0 Å². The van der Waals surface area contributed by atoms with E-state index in [1.54, 1.807) is 0 Å². The van der Waals surface area contributed by atoms with Gasteiger partial charge >= 0.3 is 0 Å². The van der Waals surface area contributed by atoms with E-state index < -0.39 is 0 Å². The SMILES string of the molecule is CCN1CCC(N(C)C(=O)C2CNCCO2)C(C)C1.Cl.Cl. The third-order valence-electron chi connectivity index (χ3n) is 4.44. The first-order chi connectivity index (χ1) is 9.13. The van der Waals surface area contributed by atoms with Crippen LogP contribution in [0, 0.1) is 5.92 Å². The number of halogens is 2. The summed E-state index contributed by atoms with van der Waals surface area (Å²) in [6, 6.07) is 0.348. The number of amides is 1. The van der Waals surface area contributed by atoms with Gasteiger partial charge in [-0.15, -0.1) is 24.8 Å². The van der Waals surface area contributed by atoms with Gasteiger partial charge in [-0.3, -0.25) is 4.79 Å². The lowest BCUT2D eigenvalue weighted by Crippen LogP contribution is -2.55. The summed E-state index contributed by atoms with van der Waals surface area (Å²) in [4.78, 5) is 16.8. The number of morpholine rings is 1. The summed E-state index contributed by atoms with van der Waals surface area (Å²) >= 11 is 0. The van der Waals surface area contributed by atoms with E-state index in [0.29, 0.717) is 25.1 Å². The Morgan fingerprint density at radius 1 is 1.43 bits per heavy atom. The van der Waals surface area contributed by atoms with Crippen LogP contribution < -0.4 is 5.32 Å². The number of likely N-dealkylation sites (N-methyl/N-ethyl adjacent to an activating group) is 1. The highest BCUT2D eigenvalue weighted by Crippen LogP contribution is 2.22. The van der Waals surface area contributed by atoms with E-state index in [4.69, 9.17) is 4.74 Å². The molecule has 3 unspecified atom stereocenters. The molecule has 21 heavy (non-hydrogen) atoms. The van der Waals surface area contributed by atoms with Crippen LogP contribution in [0.1, 0.15) is 20.3 Å². The van der Waals surface area contributed by atoms with Gasteiger partial charge in [-0.25, -0.2) is 0 Å². The second kappa shape index (κ2) is 9.85. The lowest BCUT2D eigenvalue weighted by atomic mass is 9.92. The van der Waals surface area contributed by atoms with Crippen molar-refractivity contribution in [1.29, 1.82) is 0 Å². The fourth-order valence-corrected chi connectivity index (χ4v) is 3.20. The number of nitrogens with one attached hydrogen (secondary N) is 1. The minimum atomic E-state index is -0.296. The lowest BCUT2D eigenvalue weighted by Gasteiger charge is -2.42. The predicted molar refractivity (Wildman–Crippen MR) is 89.6 cm³/mol. The van der Waals surface area contributed by atoms with Crippen LogP contribution in [-0.4, -0.2) is 74.2 Å². The first kappa shape index (κ1) is 20.9. The van der Waals surface area contributed by atoms with Crippen molar-refractivity contribution in [2.24, 2.45) is 5.92 Å². The number of hydrogen-bond donors (Lipinski definition) is 1. The maximum Gasteiger partial charge on any atom is 0.253 e. The number of rotatable bonds is 3. The molecule has 0 spiro atoms. The first-order valence-electron chi connectivity index (χ1n) is 7.44. The zero-order chi connectivity index (χ0) is 13.8. The molecule has 0 aromatic rings. The van der Waals surface area contributed by atoms with Crippen LogP contribution >= 0.6 is 24.8 Å².